The number of rotatable bonds is 6. The van der Waals surface area contributed by atoms with Gasteiger partial charge in [-0.3, -0.25) is 0 Å². The first-order valence-electron chi connectivity index (χ1n) is 23.6. The first-order valence-corrected chi connectivity index (χ1v) is 23.6. The standard InChI is InChI=1S/C64H55N/c1-61(2)37-38-62(3,4)57-41-55-51(40-56(57)61)48-36-35-42(39-54(48)63(55,5)6)46-28-18-30-49-47(46)29-19-33-58(49)65(45-25-14-9-15-26-45)59-34-20-32-53-60(59)50-27-16-17-31-52(50)64(53,43-21-10-7-11-22-43)44-23-12-8-13-24-44/h7-36,39-41H,37-38H2,1-6H3. The number of hydrogen-bond acceptors (Lipinski definition) is 1. The molecule has 0 saturated heterocycles. The number of nitrogens with zero attached hydrogens (tertiary/aromatic N) is 1. The molecule has 65 heavy (non-hydrogen) atoms. The van der Waals surface area contributed by atoms with E-state index in [0.29, 0.717) is 0 Å². The van der Waals surface area contributed by atoms with Gasteiger partial charge >= 0.3 is 0 Å². The second-order valence-corrected chi connectivity index (χ2v) is 20.7. The van der Waals surface area contributed by atoms with E-state index in [4.69, 9.17) is 0 Å². The number of fused-ring (bicyclic) bond motifs is 8. The molecule has 0 radical (unpaired) electrons. The minimum absolute atomic E-state index is 0.119. The molecule has 0 heterocycles. The summed E-state index contributed by atoms with van der Waals surface area (Å²) in [5.41, 5.74) is 22.1. The van der Waals surface area contributed by atoms with Gasteiger partial charge in [-0.1, -0.05) is 205 Å². The maximum Gasteiger partial charge on any atom is 0.0714 e. The van der Waals surface area contributed by atoms with Gasteiger partial charge in [-0.05, 0) is 138 Å². The smallest absolute Gasteiger partial charge is 0.0714 e. The summed E-state index contributed by atoms with van der Waals surface area (Å²) in [5, 5.41) is 2.46. The lowest BCUT2D eigenvalue weighted by Crippen LogP contribution is -2.34. The van der Waals surface area contributed by atoms with E-state index >= 15 is 0 Å². The predicted octanol–water partition coefficient (Wildman–Crippen LogP) is 17.0. The Morgan fingerprint density at radius 1 is 0.354 bits per heavy atom. The summed E-state index contributed by atoms with van der Waals surface area (Å²) >= 11 is 0. The van der Waals surface area contributed by atoms with Crippen LogP contribution >= 0.6 is 0 Å². The van der Waals surface area contributed by atoms with Crippen molar-refractivity contribution in [3.8, 4) is 33.4 Å². The average Bonchev–Trinajstić information content (AvgIpc) is 3.76. The van der Waals surface area contributed by atoms with Gasteiger partial charge in [0.15, 0.2) is 0 Å². The normalized spacial score (nSPS) is 16.5. The zero-order valence-electron chi connectivity index (χ0n) is 38.4. The first-order chi connectivity index (χ1) is 31.5. The summed E-state index contributed by atoms with van der Waals surface area (Å²) in [6.45, 7) is 14.7. The molecule has 0 atom stereocenters. The molecule has 0 fully saturated rings. The zero-order valence-corrected chi connectivity index (χ0v) is 38.4. The Hall–Kier alpha value is -6.96. The van der Waals surface area contributed by atoms with Gasteiger partial charge in [0.2, 0.25) is 0 Å². The molecule has 12 rings (SSSR count). The first kappa shape index (κ1) is 39.6. The van der Waals surface area contributed by atoms with Crippen molar-refractivity contribution < 1.29 is 0 Å². The highest BCUT2D eigenvalue weighted by Crippen LogP contribution is 2.60. The molecule has 0 aliphatic heterocycles. The van der Waals surface area contributed by atoms with Crippen molar-refractivity contribution in [2.45, 2.75) is 76.0 Å². The molecule has 316 valence electrons. The van der Waals surface area contributed by atoms with Crippen LogP contribution in [-0.4, -0.2) is 0 Å². The van der Waals surface area contributed by atoms with Gasteiger partial charge in [0.1, 0.15) is 0 Å². The Balaban J connectivity index is 1.05. The number of para-hydroxylation sites is 1. The topological polar surface area (TPSA) is 3.24 Å². The zero-order chi connectivity index (χ0) is 44.3. The van der Waals surface area contributed by atoms with Crippen molar-refractivity contribution in [2.24, 2.45) is 0 Å². The van der Waals surface area contributed by atoms with Crippen LogP contribution in [0.25, 0.3) is 44.2 Å². The Morgan fingerprint density at radius 2 is 0.892 bits per heavy atom. The van der Waals surface area contributed by atoms with Gasteiger partial charge in [0, 0.05) is 22.1 Å². The minimum Gasteiger partial charge on any atom is -0.309 e. The Kier molecular flexibility index (Phi) is 8.70. The van der Waals surface area contributed by atoms with Crippen LogP contribution in [0, 0.1) is 0 Å². The lowest BCUT2D eigenvalue weighted by Gasteiger charge is -2.42. The molecular weight excluding hydrogens is 783 g/mol. The van der Waals surface area contributed by atoms with Crippen molar-refractivity contribution in [3.63, 3.8) is 0 Å². The van der Waals surface area contributed by atoms with Crippen molar-refractivity contribution in [2.75, 3.05) is 4.90 Å². The SMILES string of the molecule is CC1(C)CCC(C)(C)c2cc3c(cc21)-c1ccc(-c2cccc4c(N(c5ccccc5)c5cccc6c5-c5ccccc5C6(c5ccccc5)c5ccccc5)cccc24)cc1C3(C)C. The Labute approximate surface area is 385 Å². The third kappa shape index (κ3) is 5.70. The van der Waals surface area contributed by atoms with Crippen LogP contribution in [0.4, 0.5) is 17.1 Å². The van der Waals surface area contributed by atoms with Gasteiger partial charge in [-0.25, -0.2) is 0 Å². The molecule has 0 spiro atoms. The van der Waals surface area contributed by atoms with Crippen LogP contribution in [0.2, 0.25) is 0 Å². The summed E-state index contributed by atoms with van der Waals surface area (Å²) in [4.78, 5) is 2.51. The highest BCUT2D eigenvalue weighted by atomic mass is 15.1. The van der Waals surface area contributed by atoms with E-state index in [1.54, 1.807) is 0 Å². The predicted molar refractivity (Wildman–Crippen MR) is 274 cm³/mol. The van der Waals surface area contributed by atoms with Gasteiger partial charge < -0.3 is 4.90 Å². The summed E-state index contributed by atoms with van der Waals surface area (Å²) in [6.07, 6.45) is 2.43. The minimum atomic E-state index is -0.495. The number of hydrogen-bond donors (Lipinski definition) is 0. The number of benzene rings is 9. The lowest BCUT2D eigenvalue weighted by atomic mass is 9.62. The van der Waals surface area contributed by atoms with Crippen molar-refractivity contribution >= 4 is 27.8 Å². The van der Waals surface area contributed by atoms with Crippen molar-refractivity contribution in [1.29, 1.82) is 0 Å². The molecule has 3 aliphatic rings. The molecule has 0 amide bonds. The molecule has 0 N–H and O–H groups in total. The summed E-state index contributed by atoms with van der Waals surface area (Å²) < 4.78 is 0. The molecule has 9 aromatic carbocycles. The van der Waals surface area contributed by atoms with E-state index in [2.05, 4.69) is 247 Å². The van der Waals surface area contributed by atoms with E-state index in [1.165, 1.54) is 107 Å². The van der Waals surface area contributed by atoms with Crippen LogP contribution < -0.4 is 4.90 Å². The van der Waals surface area contributed by atoms with Crippen molar-refractivity contribution in [3.05, 3.63) is 245 Å². The molecule has 1 heteroatoms. The quantitative estimate of drug-likeness (QED) is 0.161. The maximum atomic E-state index is 2.59. The Bertz CT molecular complexity index is 3290. The summed E-state index contributed by atoms with van der Waals surface area (Å²) in [6, 6.07) is 75.5. The van der Waals surface area contributed by atoms with E-state index in [0.717, 1.165) is 11.4 Å². The molecule has 0 aromatic heterocycles. The third-order valence-corrected chi connectivity index (χ3v) is 15.8. The fraction of sp³-hybridized carbons (Fsp3) is 0.188. The van der Waals surface area contributed by atoms with Crippen molar-refractivity contribution in [1.82, 2.24) is 0 Å². The largest absolute Gasteiger partial charge is 0.309 e. The maximum absolute atomic E-state index is 2.59. The highest BCUT2D eigenvalue weighted by molar-refractivity contribution is 6.08. The van der Waals surface area contributed by atoms with Crippen LogP contribution in [0.3, 0.4) is 0 Å². The van der Waals surface area contributed by atoms with Gasteiger partial charge in [0.05, 0.1) is 16.8 Å². The highest BCUT2D eigenvalue weighted by Gasteiger charge is 2.48. The lowest BCUT2D eigenvalue weighted by molar-refractivity contribution is 0.331. The Morgan fingerprint density at radius 3 is 1.60 bits per heavy atom. The molecule has 0 saturated carbocycles. The second-order valence-electron chi connectivity index (χ2n) is 20.7. The van der Waals surface area contributed by atoms with E-state index in [9.17, 15) is 0 Å². The van der Waals surface area contributed by atoms with Crippen LogP contribution in [0.1, 0.15) is 98.9 Å². The monoisotopic (exact) mass is 837 g/mol. The fourth-order valence-corrected chi connectivity index (χ4v) is 12.3. The van der Waals surface area contributed by atoms with E-state index < -0.39 is 5.41 Å². The molecule has 3 aliphatic carbocycles. The van der Waals surface area contributed by atoms with Gasteiger partial charge in [-0.2, -0.15) is 0 Å². The second kappa shape index (κ2) is 14.3. The fourth-order valence-electron chi connectivity index (χ4n) is 12.3. The van der Waals surface area contributed by atoms with Crippen LogP contribution in [0.15, 0.2) is 200 Å². The summed E-state index contributed by atoms with van der Waals surface area (Å²) in [5.74, 6) is 0. The van der Waals surface area contributed by atoms with Crippen LogP contribution in [0.5, 0.6) is 0 Å². The average molecular weight is 838 g/mol. The van der Waals surface area contributed by atoms with Gasteiger partial charge in [0.25, 0.3) is 0 Å². The van der Waals surface area contributed by atoms with E-state index in [-0.39, 0.29) is 16.2 Å². The third-order valence-electron chi connectivity index (χ3n) is 15.8. The number of anilines is 3. The van der Waals surface area contributed by atoms with E-state index in [1.807, 2.05) is 0 Å². The molecule has 0 unspecified atom stereocenters. The molecular formula is C64H55N. The summed E-state index contributed by atoms with van der Waals surface area (Å²) in [7, 11) is 0. The molecule has 9 aromatic rings. The van der Waals surface area contributed by atoms with Crippen LogP contribution in [-0.2, 0) is 21.7 Å². The van der Waals surface area contributed by atoms with Gasteiger partial charge in [-0.15, -0.1) is 0 Å². The molecule has 0 bridgehead atoms. The molecule has 1 nitrogen and oxygen atoms in total.